The number of hydrogen-bond donors (Lipinski definition) is 14. The topological polar surface area (TPSA) is 333 Å². The van der Waals surface area contributed by atoms with Crippen molar-refractivity contribution in [3.05, 3.63) is 60.7 Å². The molecule has 0 saturated heterocycles. The molecule has 55 heavy (non-hydrogen) atoms. The van der Waals surface area contributed by atoms with E-state index < -0.39 is 138 Å². The van der Waals surface area contributed by atoms with E-state index in [1.54, 1.807) is 0 Å². The zero-order chi connectivity index (χ0) is 39.6. The van der Waals surface area contributed by atoms with E-state index in [0.717, 1.165) is 60.7 Å². The molecule has 19 heteroatoms. The van der Waals surface area contributed by atoms with Crippen molar-refractivity contribution < 1.29 is 94.9 Å². The molecule has 0 aliphatic rings. The van der Waals surface area contributed by atoms with Crippen molar-refractivity contribution in [1.82, 2.24) is 0 Å². The zero-order valence-corrected chi connectivity index (χ0v) is 27.1. The Kier molecular flexibility index (Phi) is 8.02. The van der Waals surface area contributed by atoms with Gasteiger partial charge in [-0.15, -0.1) is 0 Å². The molecule has 0 spiro atoms. The number of phenolic OH excluding ortho intramolecular Hbond substituents is 14. The van der Waals surface area contributed by atoms with E-state index in [9.17, 15) is 71.5 Å². The number of phenols is 14. The molecule has 7 aromatic rings. The highest BCUT2D eigenvalue weighted by Gasteiger charge is 2.27. The summed E-state index contributed by atoms with van der Waals surface area (Å²) in [5.41, 5.74) is -0.808. The predicted octanol–water partition coefficient (Wildman–Crippen LogP) is 6.63. The normalized spacial score (nSPS) is 11.2. The van der Waals surface area contributed by atoms with E-state index in [1.807, 2.05) is 0 Å². The Labute approximate surface area is 303 Å². The van der Waals surface area contributed by atoms with Crippen molar-refractivity contribution in [3.8, 4) is 126 Å². The van der Waals surface area contributed by atoms with Crippen LogP contribution in [0.2, 0.25) is 0 Å². The Hall–Kier alpha value is -8.48. The van der Waals surface area contributed by atoms with Gasteiger partial charge in [0.2, 0.25) is 46.0 Å². The van der Waals surface area contributed by atoms with Gasteiger partial charge in [0.15, 0.2) is 68.7 Å². The lowest BCUT2D eigenvalue weighted by molar-refractivity contribution is 0.334. The average molecular weight is 761 g/mol. The minimum atomic E-state index is -0.859. The molecule has 0 fully saturated rings. The maximum atomic E-state index is 11.1. The minimum absolute atomic E-state index is 0.0602. The first kappa shape index (κ1) is 34.9. The van der Waals surface area contributed by atoms with Crippen molar-refractivity contribution >= 4 is 21.9 Å². The van der Waals surface area contributed by atoms with Crippen molar-refractivity contribution in [2.24, 2.45) is 0 Å². The fraction of sp³-hybridized carbons (Fsp3) is 0. The van der Waals surface area contributed by atoms with Crippen LogP contribution in [0.4, 0.5) is 0 Å². The first-order valence-corrected chi connectivity index (χ1v) is 15.2. The molecule has 1 heterocycles. The van der Waals surface area contributed by atoms with Crippen LogP contribution in [-0.4, -0.2) is 71.5 Å². The Bertz CT molecular complexity index is 2440. The summed E-state index contributed by atoms with van der Waals surface area (Å²) in [6.07, 6.45) is 0. The summed E-state index contributed by atoms with van der Waals surface area (Å²) in [7, 11) is 0. The number of hydrogen-bond acceptors (Lipinski definition) is 19. The second-order valence-corrected chi connectivity index (χ2v) is 11.6. The van der Waals surface area contributed by atoms with E-state index in [1.165, 1.54) is 0 Å². The number of fused-ring (bicyclic) bond motifs is 3. The number of ether oxygens (including phenoxy) is 4. The third-order valence-corrected chi connectivity index (χ3v) is 7.83. The van der Waals surface area contributed by atoms with Gasteiger partial charge in [-0.05, 0) is 12.1 Å². The van der Waals surface area contributed by atoms with Crippen molar-refractivity contribution in [3.63, 3.8) is 0 Å². The van der Waals surface area contributed by atoms with Crippen LogP contribution in [-0.2, 0) is 0 Å². The summed E-state index contributed by atoms with van der Waals surface area (Å²) >= 11 is 0. The summed E-state index contributed by atoms with van der Waals surface area (Å²) < 4.78 is 27.2. The summed E-state index contributed by atoms with van der Waals surface area (Å²) in [6.45, 7) is 0. The predicted molar refractivity (Wildman–Crippen MR) is 183 cm³/mol. The van der Waals surface area contributed by atoms with Crippen LogP contribution < -0.4 is 18.9 Å². The lowest BCUT2D eigenvalue weighted by Gasteiger charge is -2.15. The van der Waals surface area contributed by atoms with Crippen LogP contribution in [0.1, 0.15) is 0 Å². The number of aromatic hydroxyl groups is 14. The van der Waals surface area contributed by atoms with Gasteiger partial charge in [-0.2, -0.15) is 0 Å². The van der Waals surface area contributed by atoms with Gasteiger partial charge >= 0.3 is 0 Å². The van der Waals surface area contributed by atoms with Crippen LogP contribution in [0.15, 0.2) is 65.1 Å². The quantitative estimate of drug-likeness (QED) is 0.0772. The first-order valence-electron chi connectivity index (χ1n) is 15.2. The van der Waals surface area contributed by atoms with Gasteiger partial charge in [-0.25, -0.2) is 0 Å². The molecule has 7 rings (SSSR count). The SMILES string of the molecule is Oc1cc(O)c(Oc2c(O)cc(Oc3c(O)cc4c(oc5c(O)c(Oc6cc(O)c(Oc7c(O)cc(O)cc7O)c(O)c6)c(O)cc54)c3O)cc2O)c(O)c1. The summed E-state index contributed by atoms with van der Waals surface area (Å²) in [4.78, 5) is 0. The molecule has 0 aliphatic heterocycles. The molecule has 0 saturated carbocycles. The lowest BCUT2D eigenvalue weighted by Crippen LogP contribution is -1.91. The Balaban J connectivity index is 1.19. The Morgan fingerprint density at radius 1 is 0.291 bits per heavy atom. The monoisotopic (exact) mass is 760 g/mol. The number of rotatable bonds is 8. The van der Waals surface area contributed by atoms with Crippen LogP contribution >= 0.6 is 0 Å². The van der Waals surface area contributed by atoms with Crippen LogP contribution in [0, 0.1) is 0 Å². The largest absolute Gasteiger partial charge is 0.508 e. The number of furan rings is 1. The van der Waals surface area contributed by atoms with E-state index in [-0.39, 0.29) is 10.8 Å². The second-order valence-electron chi connectivity index (χ2n) is 11.6. The summed E-state index contributed by atoms with van der Waals surface area (Å²) in [6, 6.07) is 8.84. The van der Waals surface area contributed by atoms with Gasteiger partial charge in [-0.3, -0.25) is 0 Å². The molecular weight excluding hydrogens is 736 g/mol. The van der Waals surface area contributed by atoms with Crippen molar-refractivity contribution in [2.75, 3.05) is 0 Å². The standard InChI is InChI=1S/C36H24O19/c37-11-1-17(39)31(18(40)2-11)54-33-21(43)5-13(6-22(33)44)51-35-25(47)9-15-16-10-26(48)36(28(50)30(16)53-29(15)27(35)49)52-14-7-23(45)34(24(46)8-14)55-32-19(41)3-12(38)4-20(32)42/h1-10,37-50H. The highest BCUT2D eigenvalue weighted by Crippen LogP contribution is 2.55. The lowest BCUT2D eigenvalue weighted by atomic mass is 10.1. The van der Waals surface area contributed by atoms with E-state index in [0.29, 0.717) is 0 Å². The van der Waals surface area contributed by atoms with Gasteiger partial charge in [-0.1, -0.05) is 0 Å². The highest BCUT2D eigenvalue weighted by atomic mass is 16.5. The molecule has 0 atom stereocenters. The molecule has 14 N–H and O–H groups in total. The van der Waals surface area contributed by atoms with Gasteiger partial charge in [0, 0.05) is 59.3 Å². The van der Waals surface area contributed by atoms with Gasteiger partial charge in [0.1, 0.15) is 23.0 Å². The number of benzene rings is 6. The zero-order valence-electron chi connectivity index (χ0n) is 27.1. The molecule has 0 unspecified atom stereocenters. The Morgan fingerprint density at radius 2 is 0.545 bits per heavy atom. The van der Waals surface area contributed by atoms with Crippen LogP contribution in [0.5, 0.6) is 126 Å². The van der Waals surface area contributed by atoms with Gasteiger partial charge < -0.3 is 94.9 Å². The minimum Gasteiger partial charge on any atom is -0.508 e. The highest BCUT2D eigenvalue weighted by molar-refractivity contribution is 6.11. The van der Waals surface area contributed by atoms with E-state index in [4.69, 9.17) is 23.4 Å². The maximum Gasteiger partial charge on any atom is 0.214 e. The first-order chi connectivity index (χ1) is 26.0. The van der Waals surface area contributed by atoms with Gasteiger partial charge in [0.25, 0.3) is 0 Å². The molecule has 0 bridgehead atoms. The molecule has 282 valence electrons. The molecular formula is C36H24O19. The fourth-order valence-corrected chi connectivity index (χ4v) is 5.44. The van der Waals surface area contributed by atoms with Crippen molar-refractivity contribution in [2.45, 2.75) is 0 Å². The summed E-state index contributed by atoms with van der Waals surface area (Å²) in [5.74, 6) is -15.1. The summed E-state index contributed by atoms with van der Waals surface area (Å²) in [5, 5.41) is 145. The van der Waals surface area contributed by atoms with E-state index in [2.05, 4.69) is 0 Å². The molecule has 6 aromatic carbocycles. The maximum absolute atomic E-state index is 11.1. The fourth-order valence-electron chi connectivity index (χ4n) is 5.44. The van der Waals surface area contributed by atoms with Crippen LogP contribution in [0.25, 0.3) is 21.9 Å². The van der Waals surface area contributed by atoms with E-state index >= 15 is 0 Å². The molecule has 1 aromatic heterocycles. The van der Waals surface area contributed by atoms with Crippen LogP contribution in [0.3, 0.4) is 0 Å². The average Bonchev–Trinajstić information content (AvgIpc) is 3.44. The smallest absolute Gasteiger partial charge is 0.214 e. The van der Waals surface area contributed by atoms with Crippen molar-refractivity contribution in [1.29, 1.82) is 0 Å². The molecule has 19 nitrogen and oxygen atoms in total. The van der Waals surface area contributed by atoms with Gasteiger partial charge in [0.05, 0.1) is 0 Å². The third kappa shape index (κ3) is 6.04. The second kappa shape index (κ2) is 12.6. The molecule has 0 aliphatic carbocycles. The molecule has 0 radical (unpaired) electrons. The molecule has 0 amide bonds. The Morgan fingerprint density at radius 3 is 0.836 bits per heavy atom. The third-order valence-electron chi connectivity index (χ3n) is 7.83.